The van der Waals surface area contributed by atoms with E-state index in [9.17, 15) is 0 Å². The summed E-state index contributed by atoms with van der Waals surface area (Å²) in [5.74, 6) is 1.73. The zero-order valence-corrected chi connectivity index (χ0v) is 76.7. The van der Waals surface area contributed by atoms with Gasteiger partial charge < -0.3 is 29.3 Å². The number of nitrogens with zero attached hydrogens (tertiary/aromatic N) is 13. The van der Waals surface area contributed by atoms with Gasteiger partial charge in [0.2, 0.25) is 0 Å². The summed E-state index contributed by atoms with van der Waals surface area (Å²) < 4.78 is 33.0. The average Bonchev–Trinajstić information content (AvgIpc) is 1.61. The van der Waals surface area contributed by atoms with Gasteiger partial charge in [-0.1, -0.05) is 211 Å². The first-order valence-corrected chi connectivity index (χ1v) is 42.0. The second-order valence-electron chi connectivity index (χ2n) is 29.0. The van der Waals surface area contributed by atoms with Gasteiger partial charge in [-0.25, -0.2) is 19.9 Å². The highest BCUT2D eigenvalue weighted by atomic mass is 79.9. The number of aryl methyl sites for hydroxylation is 9. The Kier molecular flexibility index (Phi) is 41.3. The average molecular weight is 1780 g/mol. The van der Waals surface area contributed by atoms with Crippen molar-refractivity contribution < 1.29 is 18.6 Å². The van der Waals surface area contributed by atoms with Crippen LogP contribution in [0.25, 0.3) is 33.8 Å². The van der Waals surface area contributed by atoms with Crippen LogP contribution in [0.4, 0.5) is 11.6 Å². The van der Waals surface area contributed by atoms with Crippen molar-refractivity contribution >= 4 is 84.6 Å². The topological polar surface area (TPSA) is 212 Å². The van der Waals surface area contributed by atoms with Crippen molar-refractivity contribution in [1.29, 1.82) is 0 Å². The Labute approximate surface area is 726 Å². The number of halogens is 3. The normalized spacial score (nSPS) is 13.1. The number of pyridine rings is 4. The minimum Gasteiger partial charge on any atom is -0.399 e. The molecule has 0 saturated carbocycles. The highest BCUT2D eigenvalue weighted by Gasteiger charge is 2.53. The van der Waals surface area contributed by atoms with Gasteiger partial charge in [0.25, 0.3) is 0 Å². The minimum atomic E-state index is -0.307. The number of anilines is 2. The maximum Gasteiger partial charge on any atom is 0.498 e. The van der Waals surface area contributed by atoms with Gasteiger partial charge in [0.05, 0.1) is 58.1 Å². The molecule has 0 atom stereocenters. The molecule has 2 saturated heterocycles. The maximum absolute atomic E-state index is 5.89. The van der Waals surface area contributed by atoms with Crippen molar-refractivity contribution in [3.63, 3.8) is 0 Å². The predicted octanol–water partition coefficient (Wildman–Crippen LogP) is 20.6. The zero-order chi connectivity index (χ0) is 85.9. The molecule has 118 heavy (non-hydrogen) atoms. The summed E-state index contributed by atoms with van der Waals surface area (Å²) in [4.78, 5) is 17.1. The Morgan fingerprint density at radius 3 is 0.822 bits per heavy atom. The van der Waals surface area contributed by atoms with Crippen molar-refractivity contribution in [2.45, 2.75) is 145 Å². The molecule has 20 nitrogen and oxygen atoms in total. The van der Waals surface area contributed by atoms with Crippen LogP contribution in [0.1, 0.15) is 118 Å². The molecule has 9 aromatic heterocycles. The SMILES string of the molecule is Brc1cccc(Br)n1.CC1(C)OB(c2cn[nH]c2)OC1(C)C.CCc1ccccc1.CCc1ccccc1.CCc1ccccc1.CCc1ccccc1.CCc1ccccc1.CNc1cccc(-c2cnn(C)c2)n1.CNc1cccc(-c2cnn(C)c2)n1.Cn1cc(-c2cccc(Br)n2)cn1.Cn1cc(B2OC(C)(C)C(C)(C)O2)cn1. The van der Waals surface area contributed by atoms with Gasteiger partial charge in [0, 0.05) is 113 Å². The molecule has 0 bridgehead atoms. The van der Waals surface area contributed by atoms with Gasteiger partial charge >= 0.3 is 14.2 Å². The molecule has 0 aliphatic carbocycles. The molecule has 3 N–H and O–H groups in total. The summed E-state index contributed by atoms with van der Waals surface area (Å²) in [7, 11) is 10.7. The van der Waals surface area contributed by atoms with E-state index in [0.29, 0.717) is 0 Å². The van der Waals surface area contributed by atoms with Crippen molar-refractivity contribution in [2.24, 2.45) is 28.2 Å². The fourth-order valence-electron chi connectivity index (χ4n) is 10.6. The number of aromatic amines is 1. The number of hydrogen-bond acceptors (Lipinski definition) is 15. The van der Waals surface area contributed by atoms with E-state index in [1.165, 1.54) is 27.8 Å². The van der Waals surface area contributed by atoms with Gasteiger partial charge in [0.15, 0.2) is 0 Å². The van der Waals surface area contributed by atoms with E-state index in [1.807, 2.05) is 238 Å². The lowest BCUT2D eigenvalue weighted by Gasteiger charge is -2.32. The number of benzene rings is 5. The third-order valence-corrected chi connectivity index (χ3v) is 20.3. The molecule has 11 heterocycles. The molecule has 16 rings (SSSR count). The molecule has 14 aromatic rings. The molecular weight excluding hydrogens is 1670 g/mol. The summed E-state index contributed by atoms with van der Waals surface area (Å²) in [6.07, 6.45) is 24.2. The van der Waals surface area contributed by atoms with Gasteiger partial charge in [-0.3, -0.25) is 23.8 Å². The Bertz CT molecular complexity index is 4670. The number of nitrogens with one attached hydrogen (secondary N) is 3. The molecule has 0 unspecified atom stereocenters. The van der Waals surface area contributed by atoms with Crippen LogP contribution in [0.2, 0.25) is 0 Å². The van der Waals surface area contributed by atoms with Gasteiger partial charge in [-0.2, -0.15) is 25.5 Å². The summed E-state index contributed by atoms with van der Waals surface area (Å²) >= 11 is 9.77. The predicted molar refractivity (Wildman–Crippen MR) is 498 cm³/mol. The summed E-state index contributed by atoms with van der Waals surface area (Å²) in [6.45, 7) is 27.1. The van der Waals surface area contributed by atoms with Crippen LogP contribution in [0, 0.1) is 0 Å². The maximum atomic E-state index is 5.89. The lowest BCUT2D eigenvalue weighted by Crippen LogP contribution is -2.41. The van der Waals surface area contributed by atoms with E-state index < -0.39 is 0 Å². The Morgan fingerprint density at radius 1 is 0.322 bits per heavy atom. The van der Waals surface area contributed by atoms with Crippen LogP contribution in [0.3, 0.4) is 0 Å². The third kappa shape index (κ3) is 34.0. The first-order chi connectivity index (χ1) is 56.5. The van der Waals surface area contributed by atoms with Crippen molar-refractivity contribution in [2.75, 3.05) is 24.7 Å². The second-order valence-corrected chi connectivity index (χ2v) is 31.4. The molecular formula is C93H117B2Br3N16O4. The molecule has 2 aliphatic rings. The van der Waals surface area contributed by atoms with Gasteiger partial charge in [0.1, 0.15) is 25.4 Å². The molecule has 2 fully saturated rings. The van der Waals surface area contributed by atoms with E-state index in [2.05, 4.69) is 265 Å². The highest BCUT2D eigenvalue weighted by Crippen LogP contribution is 2.37. The second kappa shape index (κ2) is 50.5. The molecule has 620 valence electrons. The van der Waals surface area contributed by atoms with Crippen LogP contribution in [-0.4, -0.2) is 120 Å². The summed E-state index contributed by atoms with van der Waals surface area (Å²) in [6, 6.07) is 75.5. The largest absolute Gasteiger partial charge is 0.498 e. The minimum absolute atomic E-state index is 0.283. The quantitative estimate of drug-likeness (QED) is 0.0767. The van der Waals surface area contributed by atoms with Gasteiger partial charge in [-0.05, 0) is 212 Å². The lowest BCUT2D eigenvalue weighted by molar-refractivity contribution is 0.00578. The number of H-pyrrole nitrogens is 1. The lowest BCUT2D eigenvalue weighted by atomic mass is 9.82. The molecule has 25 heteroatoms. The van der Waals surface area contributed by atoms with E-state index in [1.54, 1.807) is 43.5 Å². The fourth-order valence-corrected chi connectivity index (χ4v) is 11.8. The highest BCUT2D eigenvalue weighted by molar-refractivity contribution is 9.11. The Hall–Kier alpha value is -10.2. The summed E-state index contributed by atoms with van der Waals surface area (Å²) in [5.41, 5.74) is 13.7. The van der Waals surface area contributed by atoms with E-state index >= 15 is 0 Å². The third-order valence-electron chi connectivity index (χ3n) is 19.0. The number of aromatic nitrogens is 14. The van der Waals surface area contributed by atoms with Crippen LogP contribution < -0.4 is 21.6 Å². The van der Waals surface area contributed by atoms with E-state index in [0.717, 1.165) is 102 Å². The Morgan fingerprint density at radius 2 is 0.593 bits per heavy atom. The standard InChI is InChI=1S/C10H17BN2O2.2C10H12N4.C9H15BN2O2.C9H8BrN3.5C8H10.C5H3Br2N/c1-9(2)10(3,4)15-11(14-9)8-6-12-13(5)7-8;2*1-11-10-5-3-4-9(13-10)8-6-12-14(2)7-8;1-8(2)9(3,4)14-10(13-8)7-5-11-12-6-7;1-13-6-7(5-11-13)8-3-2-4-9(10)12-8;5*1-2-8-6-4-3-5-7-8;6-4-2-1-3-5(7)8-4/h6-7H,1-5H3;2*3-7H,1-2H3,(H,11,13);5-6H,1-4H3,(H,11,12);2-6H,1H3;5*3-7H,2H2,1H3;1-3H. The molecule has 0 amide bonds. The zero-order valence-electron chi connectivity index (χ0n) is 71.9. The monoisotopic (exact) mass is 1780 g/mol. The van der Waals surface area contributed by atoms with Gasteiger partial charge in [-0.15, -0.1) is 0 Å². The molecule has 0 spiro atoms. The molecule has 0 radical (unpaired) electrons. The molecule has 2 aliphatic heterocycles. The number of hydrogen-bond donors (Lipinski definition) is 3. The van der Waals surface area contributed by atoms with Crippen LogP contribution in [0.5, 0.6) is 0 Å². The first kappa shape index (κ1) is 96.6. The smallest absolute Gasteiger partial charge is 0.399 e. The first-order valence-electron chi connectivity index (χ1n) is 39.6. The fraction of sp³-hybridized carbons (Fsp3) is 0.301. The van der Waals surface area contributed by atoms with Crippen LogP contribution in [-0.2, 0) is 78.9 Å². The van der Waals surface area contributed by atoms with E-state index in [-0.39, 0.29) is 36.6 Å². The van der Waals surface area contributed by atoms with Crippen molar-refractivity contribution in [1.82, 2.24) is 69.3 Å². The molecule has 5 aromatic carbocycles. The van der Waals surface area contributed by atoms with Crippen LogP contribution in [0.15, 0.2) is 300 Å². The van der Waals surface area contributed by atoms with Crippen LogP contribution >= 0.6 is 47.8 Å². The van der Waals surface area contributed by atoms with Crippen molar-refractivity contribution in [3.05, 3.63) is 328 Å². The number of rotatable bonds is 12. The van der Waals surface area contributed by atoms with Crippen molar-refractivity contribution in [3.8, 4) is 33.8 Å². The Balaban J connectivity index is 0.000000203. The van der Waals surface area contributed by atoms with E-state index in [4.69, 9.17) is 18.6 Å². The summed E-state index contributed by atoms with van der Waals surface area (Å²) in [5, 5.41) is 29.0.